The fourth-order valence-electron chi connectivity index (χ4n) is 2.17. The molecule has 0 radical (unpaired) electrons. The van der Waals surface area contributed by atoms with E-state index in [4.69, 9.17) is 17.3 Å². The third-order valence-corrected chi connectivity index (χ3v) is 5.93. The Balaban J connectivity index is 3.16. The average molecular weight is 333 g/mol. The van der Waals surface area contributed by atoms with Gasteiger partial charge in [0.1, 0.15) is 4.90 Å². The van der Waals surface area contributed by atoms with Crippen molar-refractivity contribution in [3.63, 3.8) is 0 Å². The summed E-state index contributed by atoms with van der Waals surface area (Å²) in [6, 6.07) is 4.82. The second-order valence-corrected chi connectivity index (χ2v) is 7.65. The normalized spacial score (nSPS) is 12.3. The van der Waals surface area contributed by atoms with Crippen molar-refractivity contribution < 1.29 is 8.42 Å². The molecule has 0 aliphatic rings. The molecule has 0 atom stereocenters. The third-order valence-electron chi connectivity index (χ3n) is 3.38. The number of hydrogen-bond acceptors (Lipinski definition) is 3. The van der Waals surface area contributed by atoms with Gasteiger partial charge in [0.25, 0.3) is 0 Å². The van der Waals surface area contributed by atoms with E-state index in [1.54, 1.807) is 18.2 Å². The molecule has 0 unspecified atom stereocenters. The number of unbranched alkanes of at least 4 members (excludes halogenated alkanes) is 2. The highest BCUT2D eigenvalue weighted by Gasteiger charge is 2.28. The average Bonchev–Trinajstić information content (AvgIpc) is 2.43. The maximum absolute atomic E-state index is 12.9. The Morgan fingerprint density at radius 1 is 1.29 bits per heavy atom. The van der Waals surface area contributed by atoms with Crippen molar-refractivity contribution in [1.29, 1.82) is 0 Å². The van der Waals surface area contributed by atoms with Crippen LogP contribution in [-0.2, 0) is 16.6 Å². The molecular formula is C15H25ClN2O2S. The Hall–Kier alpha value is -0.620. The maximum atomic E-state index is 12.9. The number of sulfonamides is 1. The number of benzene rings is 1. The minimum Gasteiger partial charge on any atom is -0.326 e. The molecule has 0 heterocycles. The summed E-state index contributed by atoms with van der Waals surface area (Å²) >= 11 is 6.10. The fourth-order valence-corrected chi connectivity index (χ4v) is 4.37. The van der Waals surface area contributed by atoms with Gasteiger partial charge in [0.2, 0.25) is 10.0 Å². The van der Waals surface area contributed by atoms with Crippen LogP contribution in [0.5, 0.6) is 0 Å². The molecule has 120 valence electrons. The quantitative estimate of drug-likeness (QED) is 0.742. The number of rotatable bonds is 8. The largest absolute Gasteiger partial charge is 0.326 e. The lowest BCUT2D eigenvalue weighted by molar-refractivity contribution is 0.345. The Bertz CT molecular complexity index is 559. The molecule has 0 saturated carbocycles. The van der Waals surface area contributed by atoms with Crippen molar-refractivity contribution in [3.05, 3.63) is 28.8 Å². The highest BCUT2D eigenvalue weighted by Crippen LogP contribution is 2.27. The molecule has 0 spiro atoms. The molecule has 21 heavy (non-hydrogen) atoms. The Labute approximate surface area is 133 Å². The first kappa shape index (κ1) is 18.4. The van der Waals surface area contributed by atoms with E-state index in [1.165, 1.54) is 4.31 Å². The summed E-state index contributed by atoms with van der Waals surface area (Å²) in [6.45, 7) is 6.65. The molecule has 1 aromatic carbocycles. The summed E-state index contributed by atoms with van der Waals surface area (Å²) in [4.78, 5) is 0.150. The standard InChI is InChI=1S/C15H25ClN2O2S/c1-4-5-6-9-18(12(2)3)21(19,20)15-10-13(11-17)7-8-14(15)16/h7-8,10,12H,4-6,9,11,17H2,1-3H3. The van der Waals surface area contributed by atoms with Crippen LogP contribution in [0.15, 0.2) is 23.1 Å². The molecule has 0 aliphatic carbocycles. The van der Waals surface area contributed by atoms with Gasteiger partial charge in [0.15, 0.2) is 0 Å². The third kappa shape index (κ3) is 4.68. The van der Waals surface area contributed by atoms with Crippen molar-refractivity contribution in [2.24, 2.45) is 5.73 Å². The van der Waals surface area contributed by atoms with Crippen molar-refractivity contribution in [2.75, 3.05) is 6.54 Å². The zero-order valence-corrected chi connectivity index (χ0v) is 14.5. The lowest BCUT2D eigenvalue weighted by Gasteiger charge is -2.26. The van der Waals surface area contributed by atoms with E-state index in [0.717, 1.165) is 24.8 Å². The van der Waals surface area contributed by atoms with Crippen molar-refractivity contribution >= 4 is 21.6 Å². The molecule has 1 rings (SSSR count). The Morgan fingerprint density at radius 3 is 2.48 bits per heavy atom. The molecule has 0 bridgehead atoms. The second kappa shape index (κ2) is 8.13. The highest BCUT2D eigenvalue weighted by atomic mass is 35.5. The summed E-state index contributed by atoms with van der Waals surface area (Å²) in [5.41, 5.74) is 6.35. The highest BCUT2D eigenvalue weighted by molar-refractivity contribution is 7.89. The first-order valence-corrected chi connectivity index (χ1v) is 9.16. The van der Waals surface area contributed by atoms with Crippen LogP contribution in [0.3, 0.4) is 0 Å². The fraction of sp³-hybridized carbons (Fsp3) is 0.600. The van der Waals surface area contributed by atoms with Gasteiger partial charge >= 0.3 is 0 Å². The lowest BCUT2D eigenvalue weighted by Crippen LogP contribution is -2.37. The number of nitrogens with two attached hydrogens (primary N) is 1. The van der Waals surface area contributed by atoms with Gasteiger partial charge in [-0.3, -0.25) is 0 Å². The molecule has 6 heteroatoms. The summed E-state index contributed by atoms with van der Waals surface area (Å²) in [7, 11) is -3.60. The second-order valence-electron chi connectivity index (χ2n) is 5.39. The van der Waals surface area contributed by atoms with Gasteiger partial charge in [-0.05, 0) is 38.0 Å². The number of hydrogen-bond donors (Lipinski definition) is 1. The molecule has 4 nitrogen and oxygen atoms in total. The van der Waals surface area contributed by atoms with E-state index in [-0.39, 0.29) is 22.5 Å². The van der Waals surface area contributed by atoms with E-state index >= 15 is 0 Å². The minimum absolute atomic E-state index is 0.107. The van der Waals surface area contributed by atoms with Crippen LogP contribution in [0.2, 0.25) is 5.02 Å². The van der Waals surface area contributed by atoms with E-state index in [1.807, 2.05) is 13.8 Å². The number of halogens is 1. The molecule has 0 aromatic heterocycles. The Morgan fingerprint density at radius 2 is 1.95 bits per heavy atom. The van der Waals surface area contributed by atoms with E-state index in [0.29, 0.717) is 6.54 Å². The van der Waals surface area contributed by atoms with Crippen LogP contribution in [0.4, 0.5) is 0 Å². The molecule has 0 saturated heterocycles. The molecule has 2 N–H and O–H groups in total. The monoisotopic (exact) mass is 332 g/mol. The van der Waals surface area contributed by atoms with Gasteiger partial charge in [-0.2, -0.15) is 4.31 Å². The van der Waals surface area contributed by atoms with E-state index in [2.05, 4.69) is 6.92 Å². The lowest BCUT2D eigenvalue weighted by atomic mass is 10.2. The van der Waals surface area contributed by atoms with Crippen molar-refractivity contribution in [2.45, 2.75) is 57.5 Å². The van der Waals surface area contributed by atoms with Gasteiger partial charge in [-0.15, -0.1) is 0 Å². The smallest absolute Gasteiger partial charge is 0.244 e. The topological polar surface area (TPSA) is 63.4 Å². The van der Waals surface area contributed by atoms with Crippen molar-refractivity contribution in [3.8, 4) is 0 Å². The Kier molecular flexibility index (Phi) is 7.13. The predicted octanol–water partition coefficient (Wildman–Crippen LogP) is 3.39. The predicted molar refractivity (Wildman–Crippen MR) is 87.9 cm³/mol. The molecule has 1 aromatic rings. The molecule has 0 amide bonds. The zero-order valence-electron chi connectivity index (χ0n) is 13.0. The van der Waals surface area contributed by atoms with Crippen LogP contribution in [-0.4, -0.2) is 25.3 Å². The maximum Gasteiger partial charge on any atom is 0.244 e. The van der Waals surface area contributed by atoms with Gasteiger partial charge in [0, 0.05) is 19.1 Å². The summed E-state index contributed by atoms with van der Waals surface area (Å²) < 4.78 is 27.2. The molecule has 0 aliphatic heterocycles. The van der Waals surface area contributed by atoms with Crippen LogP contribution in [0.1, 0.15) is 45.6 Å². The van der Waals surface area contributed by atoms with Crippen LogP contribution < -0.4 is 5.73 Å². The zero-order chi connectivity index (χ0) is 16.0. The summed E-state index contributed by atoms with van der Waals surface area (Å²) in [6.07, 6.45) is 2.91. The molecular weight excluding hydrogens is 308 g/mol. The first-order valence-electron chi connectivity index (χ1n) is 7.35. The molecule has 0 fully saturated rings. The van der Waals surface area contributed by atoms with Crippen LogP contribution >= 0.6 is 11.6 Å². The van der Waals surface area contributed by atoms with Gasteiger partial charge in [-0.25, -0.2) is 8.42 Å². The van der Waals surface area contributed by atoms with E-state index in [9.17, 15) is 8.42 Å². The minimum atomic E-state index is -3.60. The van der Waals surface area contributed by atoms with Crippen LogP contribution in [0, 0.1) is 0 Å². The SMILES string of the molecule is CCCCCN(C(C)C)S(=O)(=O)c1cc(CN)ccc1Cl. The van der Waals surface area contributed by atoms with Gasteiger partial charge < -0.3 is 5.73 Å². The summed E-state index contributed by atoms with van der Waals surface area (Å²) in [5.74, 6) is 0. The summed E-state index contributed by atoms with van der Waals surface area (Å²) in [5, 5.41) is 0.244. The van der Waals surface area contributed by atoms with Gasteiger partial charge in [-0.1, -0.05) is 37.4 Å². The first-order chi connectivity index (χ1) is 9.84. The number of nitrogens with zero attached hydrogens (tertiary/aromatic N) is 1. The van der Waals surface area contributed by atoms with Gasteiger partial charge in [0.05, 0.1) is 5.02 Å². The van der Waals surface area contributed by atoms with Crippen molar-refractivity contribution in [1.82, 2.24) is 4.31 Å². The van der Waals surface area contributed by atoms with E-state index < -0.39 is 10.0 Å². The van der Waals surface area contributed by atoms with Crippen LogP contribution in [0.25, 0.3) is 0 Å².